The highest BCUT2D eigenvalue weighted by Crippen LogP contribution is 2.25. The molecule has 6 nitrogen and oxygen atoms in total. The fourth-order valence-electron chi connectivity index (χ4n) is 3.69. The number of carbonyl (C=O) groups excluding carboxylic acids is 1. The van der Waals surface area contributed by atoms with Crippen molar-refractivity contribution in [1.82, 2.24) is 20.4 Å². The standard InChI is InChI=1S/C22H37N5O/c1-5-18(3)25-21(28)12-13-24-22(23-4)27-16-14-26(15-17-27)20(6-2)19-10-8-7-9-11-19/h7-11,18,20H,5-6,12-17H2,1-4H3,(H,23,24)(H,25,28). The van der Waals surface area contributed by atoms with E-state index in [9.17, 15) is 4.79 Å². The predicted octanol–water partition coefficient (Wildman–Crippen LogP) is 2.64. The second kappa shape index (κ2) is 11.7. The predicted molar refractivity (Wildman–Crippen MR) is 116 cm³/mol. The maximum Gasteiger partial charge on any atom is 0.221 e. The summed E-state index contributed by atoms with van der Waals surface area (Å²) in [5, 5.41) is 6.35. The molecule has 1 aliphatic rings. The van der Waals surface area contributed by atoms with Gasteiger partial charge in [0.25, 0.3) is 0 Å². The molecular weight excluding hydrogens is 350 g/mol. The molecule has 2 N–H and O–H groups in total. The number of amides is 1. The van der Waals surface area contributed by atoms with Crippen molar-refractivity contribution in [2.45, 2.75) is 52.1 Å². The first-order valence-electron chi connectivity index (χ1n) is 10.6. The summed E-state index contributed by atoms with van der Waals surface area (Å²) in [6.45, 7) is 10.9. The summed E-state index contributed by atoms with van der Waals surface area (Å²) in [4.78, 5) is 21.2. The topological polar surface area (TPSA) is 60.0 Å². The van der Waals surface area contributed by atoms with Gasteiger partial charge in [-0.2, -0.15) is 0 Å². The molecule has 0 spiro atoms. The zero-order valence-electron chi connectivity index (χ0n) is 17.9. The van der Waals surface area contributed by atoms with Gasteiger partial charge in [-0.3, -0.25) is 14.7 Å². The average molecular weight is 388 g/mol. The largest absolute Gasteiger partial charge is 0.356 e. The van der Waals surface area contributed by atoms with Crippen molar-refractivity contribution in [1.29, 1.82) is 0 Å². The Morgan fingerprint density at radius 2 is 1.79 bits per heavy atom. The Labute approximate surface area is 170 Å². The number of hydrogen-bond donors (Lipinski definition) is 2. The lowest BCUT2D eigenvalue weighted by Crippen LogP contribution is -2.53. The van der Waals surface area contributed by atoms with Crippen LogP contribution in [0.15, 0.2) is 35.3 Å². The normalized spacial score (nSPS) is 17.9. The molecule has 0 saturated carbocycles. The lowest BCUT2D eigenvalue weighted by molar-refractivity contribution is -0.121. The summed E-state index contributed by atoms with van der Waals surface area (Å²) >= 11 is 0. The number of rotatable bonds is 8. The van der Waals surface area contributed by atoms with Crippen LogP contribution in [0, 0.1) is 0 Å². The highest BCUT2D eigenvalue weighted by atomic mass is 16.1. The minimum Gasteiger partial charge on any atom is -0.356 e. The first-order chi connectivity index (χ1) is 13.6. The van der Waals surface area contributed by atoms with Gasteiger partial charge in [0, 0.05) is 58.3 Å². The fourth-order valence-corrected chi connectivity index (χ4v) is 3.69. The van der Waals surface area contributed by atoms with Crippen LogP contribution in [0.5, 0.6) is 0 Å². The molecule has 1 fully saturated rings. The smallest absolute Gasteiger partial charge is 0.221 e. The van der Waals surface area contributed by atoms with E-state index in [1.807, 2.05) is 14.0 Å². The number of nitrogens with zero attached hydrogens (tertiary/aromatic N) is 3. The van der Waals surface area contributed by atoms with Crippen molar-refractivity contribution in [2.75, 3.05) is 39.8 Å². The van der Waals surface area contributed by atoms with Crippen molar-refractivity contribution >= 4 is 11.9 Å². The van der Waals surface area contributed by atoms with Crippen LogP contribution in [-0.2, 0) is 4.79 Å². The van der Waals surface area contributed by atoms with E-state index in [0.717, 1.165) is 45.0 Å². The van der Waals surface area contributed by atoms with Gasteiger partial charge < -0.3 is 15.5 Å². The van der Waals surface area contributed by atoms with E-state index >= 15 is 0 Å². The van der Waals surface area contributed by atoms with Crippen molar-refractivity contribution in [3.05, 3.63) is 35.9 Å². The second-order valence-electron chi connectivity index (χ2n) is 7.46. The summed E-state index contributed by atoms with van der Waals surface area (Å²) in [5.74, 6) is 0.986. The molecule has 2 atom stereocenters. The number of hydrogen-bond acceptors (Lipinski definition) is 3. The van der Waals surface area contributed by atoms with E-state index < -0.39 is 0 Å². The molecule has 0 radical (unpaired) electrons. The van der Waals surface area contributed by atoms with Gasteiger partial charge in [-0.15, -0.1) is 0 Å². The lowest BCUT2D eigenvalue weighted by Gasteiger charge is -2.40. The zero-order chi connectivity index (χ0) is 20.4. The molecule has 1 aliphatic heterocycles. The summed E-state index contributed by atoms with van der Waals surface area (Å²) in [7, 11) is 1.81. The van der Waals surface area contributed by atoms with E-state index in [2.05, 4.69) is 69.6 Å². The summed E-state index contributed by atoms with van der Waals surface area (Å²) in [6, 6.07) is 11.5. The minimum atomic E-state index is 0.0933. The molecule has 6 heteroatoms. The first-order valence-corrected chi connectivity index (χ1v) is 10.6. The van der Waals surface area contributed by atoms with Crippen LogP contribution in [0.3, 0.4) is 0 Å². The first kappa shape index (κ1) is 22.2. The molecule has 0 aromatic heterocycles. The Bertz CT molecular complexity index is 611. The van der Waals surface area contributed by atoms with Gasteiger partial charge in [-0.05, 0) is 25.3 Å². The van der Waals surface area contributed by atoms with Gasteiger partial charge >= 0.3 is 0 Å². The number of piperazine rings is 1. The van der Waals surface area contributed by atoms with Gasteiger partial charge in [-0.1, -0.05) is 44.2 Å². The molecule has 28 heavy (non-hydrogen) atoms. The summed E-state index contributed by atoms with van der Waals surface area (Å²) < 4.78 is 0. The summed E-state index contributed by atoms with van der Waals surface area (Å²) in [5.41, 5.74) is 1.40. The Kier molecular flexibility index (Phi) is 9.28. The number of aliphatic imine (C=N–C) groups is 1. The second-order valence-corrected chi connectivity index (χ2v) is 7.46. The van der Waals surface area contributed by atoms with E-state index in [4.69, 9.17) is 0 Å². The lowest BCUT2D eigenvalue weighted by atomic mass is 10.0. The number of carbonyl (C=O) groups is 1. The van der Waals surface area contributed by atoms with Crippen molar-refractivity contribution < 1.29 is 4.79 Å². The molecule has 1 amide bonds. The molecule has 1 aromatic carbocycles. The SMILES string of the molecule is CCC(C)NC(=O)CCNC(=NC)N1CCN(C(CC)c2ccccc2)CC1. The monoisotopic (exact) mass is 387 g/mol. The van der Waals surface area contributed by atoms with Crippen molar-refractivity contribution in [3.63, 3.8) is 0 Å². The molecule has 1 heterocycles. The molecule has 1 aromatic rings. The van der Waals surface area contributed by atoms with Crippen LogP contribution >= 0.6 is 0 Å². The fraction of sp³-hybridized carbons (Fsp3) is 0.636. The zero-order valence-corrected chi connectivity index (χ0v) is 17.9. The highest BCUT2D eigenvalue weighted by molar-refractivity contribution is 5.81. The van der Waals surface area contributed by atoms with Crippen LogP contribution in [0.1, 0.15) is 51.6 Å². The number of guanidine groups is 1. The Morgan fingerprint density at radius 1 is 1.11 bits per heavy atom. The van der Waals surface area contributed by atoms with Crippen LogP contribution in [0.4, 0.5) is 0 Å². The van der Waals surface area contributed by atoms with E-state index in [1.54, 1.807) is 0 Å². The third-order valence-corrected chi connectivity index (χ3v) is 5.49. The third kappa shape index (κ3) is 6.51. The maximum absolute atomic E-state index is 11.9. The van der Waals surface area contributed by atoms with E-state index in [-0.39, 0.29) is 11.9 Å². The molecule has 0 aliphatic carbocycles. The highest BCUT2D eigenvalue weighted by Gasteiger charge is 2.25. The third-order valence-electron chi connectivity index (χ3n) is 5.49. The van der Waals surface area contributed by atoms with Gasteiger partial charge in [0.05, 0.1) is 0 Å². The quantitative estimate of drug-likeness (QED) is 0.532. The molecule has 2 unspecified atom stereocenters. The summed E-state index contributed by atoms with van der Waals surface area (Å²) in [6.07, 6.45) is 2.53. The number of benzene rings is 1. The maximum atomic E-state index is 11.9. The molecule has 156 valence electrons. The van der Waals surface area contributed by atoms with Gasteiger partial charge in [0.15, 0.2) is 5.96 Å². The minimum absolute atomic E-state index is 0.0933. The Balaban J connectivity index is 1.79. The van der Waals surface area contributed by atoms with E-state index in [0.29, 0.717) is 19.0 Å². The van der Waals surface area contributed by atoms with Crippen LogP contribution < -0.4 is 10.6 Å². The Morgan fingerprint density at radius 3 is 2.36 bits per heavy atom. The van der Waals surface area contributed by atoms with Gasteiger partial charge in [0.2, 0.25) is 5.91 Å². The molecular formula is C22H37N5O. The van der Waals surface area contributed by atoms with Crippen LogP contribution in [0.2, 0.25) is 0 Å². The Hall–Kier alpha value is -2.08. The van der Waals surface area contributed by atoms with Crippen molar-refractivity contribution in [2.24, 2.45) is 4.99 Å². The van der Waals surface area contributed by atoms with Crippen molar-refractivity contribution in [3.8, 4) is 0 Å². The van der Waals surface area contributed by atoms with Gasteiger partial charge in [0.1, 0.15) is 0 Å². The molecule has 1 saturated heterocycles. The van der Waals surface area contributed by atoms with Crippen LogP contribution in [-0.4, -0.2) is 67.5 Å². The molecule has 0 bridgehead atoms. The van der Waals surface area contributed by atoms with E-state index in [1.165, 1.54) is 5.56 Å². The van der Waals surface area contributed by atoms with Crippen LogP contribution in [0.25, 0.3) is 0 Å². The van der Waals surface area contributed by atoms with Gasteiger partial charge in [-0.25, -0.2) is 0 Å². The number of nitrogens with one attached hydrogen (secondary N) is 2. The average Bonchev–Trinajstić information content (AvgIpc) is 2.73. The molecule has 2 rings (SSSR count).